The standard InChI is InChI=1S/C22H27N3O5S/c1-4-15(2)24-31(28,29)20-11-5-17(6-12-20)23-22(27)16-13-21(26)25(14-16)18-7-9-19(30-3)10-8-18/h5-12,15-16,24H,4,13-14H2,1-3H3,(H,23,27)/t15-,16-/m1/s1. The summed E-state index contributed by atoms with van der Waals surface area (Å²) in [6.45, 7) is 3.97. The normalized spacial score (nSPS) is 17.5. The van der Waals surface area contributed by atoms with Crippen LogP contribution in [-0.2, 0) is 19.6 Å². The van der Waals surface area contributed by atoms with Crippen molar-refractivity contribution in [1.82, 2.24) is 4.72 Å². The van der Waals surface area contributed by atoms with Gasteiger partial charge in [-0.2, -0.15) is 0 Å². The second-order valence-corrected chi connectivity index (χ2v) is 9.26. The predicted molar refractivity (Wildman–Crippen MR) is 119 cm³/mol. The van der Waals surface area contributed by atoms with E-state index in [9.17, 15) is 18.0 Å². The van der Waals surface area contributed by atoms with Crippen LogP contribution >= 0.6 is 0 Å². The molecule has 1 aliphatic rings. The van der Waals surface area contributed by atoms with E-state index < -0.39 is 15.9 Å². The molecule has 166 valence electrons. The highest BCUT2D eigenvalue weighted by Crippen LogP contribution is 2.27. The number of anilines is 2. The lowest BCUT2D eigenvalue weighted by molar-refractivity contribution is -0.122. The number of nitrogens with one attached hydrogen (secondary N) is 2. The molecule has 2 aromatic carbocycles. The van der Waals surface area contributed by atoms with Gasteiger partial charge in [0.05, 0.1) is 17.9 Å². The molecule has 0 radical (unpaired) electrons. The van der Waals surface area contributed by atoms with Gasteiger partial charge < -0.3 is 15.0 Å². The van der Waals surface area contributed by atoms with Crippen LogP contribution in [0, 0.1) is 5.92 Å². The molecule has 0 aliphatic carbocycles. The maximum Gasteiger partial charge on any atom is 0.240 e. The van der Waals surface area contributed by atoms with Crippen molar-refractivity contribution in [1.29, 1.82) is 0 Å². The smallest absolute Gasteiger partial charge is 0.240 e. The average molecular weight is 446 g/mol. The Bertz CT molecular complexity index is 1040. The van der Waals surface area contributed by atoms with E-state index in [0.717, 1.165) is 0 Å². The fourth-order valence-corrected chi connectivity index (χ4v) is 4.60. The number of hydrogen-bond donors (Lipinski definition) is 2. The second kappa shape index (κ2) is 9.49. The summed E-state index contributed by atoms with van der Waals surface area (Å²) in [5, 5.41) is 2.77. The zero-order valence-electron chi connectivity index (χ0n) is 17.8. The van der Waals surface area contributed by atoms with Crippen molar-refractivity contribution in [3.8, 4) is 5.75 Å². The number of nitrogens with zero attached hydrogens (tertiary/aromatic N) is 1. The Balaban J connectivity index is 1.63. The van der Waals surface area contributed by atoms with Crippen molar-refractivity contribution in [2.45, 2.75) is 37.6 Å². The van der Waals surface area contributed by atoms with Crippen molar-refractivity contribution in [2.75, 3.05) is 23.9 Å². The number of benzene rings is 2. The molecular formula is C22H27N3O5S. The minimum Gasteiger partial charge on any atom is -0.497 e. The largest absolute Gasteiger partial charge is 0.497 e. The third-order valence-corrected chi connectivity index (χ3v) is 6.89. The topological polar surface area (TPSA) is 105 Å². The lowest BCUT2D eigenvalue weighted by Gasteiger charge is -2.17. The number of carbonyl (C=O) groups is 2. The van der Waals surface area contributed by atoms with Crippen molar-refractivity contribution < 1.29 is 22.7 Å². The molecule has 2 N–H and O–H groups in total. The molecule has 1 saturated heterocycles. The third kappa shape index (κ3) is 5.42. The minimum atomic E-state index is -3.61. The zero-order valence-corrected chi connectivity index (χ0v) is 18.6. The SMILES string of the molecule is CC[C@@H](C)NS(=O)(=O)c1ccc(NC(=O)[C@@H]2CC(=O)N(c3ccc(OC)cc3)C2)cc1. The first-order valence-corrected chi connectivity index (χ1v) is 11.6. The lowest BCUT2D eigenvalue weighted by Crippen LogP contribution is -2.32. The zero-order chi connectivity index (χ0) is 22.6. The lowest BCUT2D eigenvalue weighted by atomic mass is 10.1. The van der Waals surface area contributed by atoms with Crippen LogP contribution < -0.4 is 19.7 Å². The Morgan fingerprint density at radius 2 is 1.81 bits per heavy atom. The van der Waals surface area contributed by atoms with Crippen LogP contribution in [0.4, 0.5) is 11.4 Å². The van der Waals surface area contributed by atoms with Crippen LogP contribution in [0.15, 0.2) is 53.4 Å². The number of hydrogen-bond acceptors (Lipinski definition) is 5. The first kappa shape index (κ1) is 22.8. The highest BCUT2D eigenvalue weighted by atomic mass is 32.2. The van der Waals surface area contributed by atoms with Gasteiger partial charge in [-0.3, -0.25) is 9.59 Å². The molecule has 1 heterocycles. The first-order chi connectivity index (χ1) is 14.7. The number of sulfonamides is 1. The number of carbonyl (C=O) groups excluding carboxylic acids is 2. The minimum absolute atomic E-state index is 0.114. The summed E-state index contributed by atoms with van der Waals surface area (Å²) in [6.07, 6.45) is 0.796. The van der Waals surface area contributed by atoms with Crippen LogP contribution in [0.25, 0.3) is 0 Å². The molecule has 3 rings (SSSR count). The summed E-state index contributed by atoms with van der Waals surface area (Å²) >= 11 is 0. The molecule has 31 heavy (non-hydrogen) atoms. The molecule has 1 fully saturated rings. The fourth-order valence-electron chi connectivity index (χ4n) is 3.27. The van der Waals surface area contributed by atoms with E-state index in [4.69, 9.17) is 4.74 Å². The van der Waals surface area contributed by atoms with Gasteiger partial charge in [0.1, 0.15) is 5.75 Å². The van der Waals surface area contributed by atoms with Crippen LogP contribution in [-0.4, -0.2) is 39.9 Å². The van der Waals surface area contributed by atoms with Crippen molar-refractivity contribution >= 4 is 33.2 Å². The number of ether oxygens (including phenoxy) is 1. The summed E-state index contributed by atoms with van der Waals surface area (Å²) in [5.41, 5.74) is 1.19. The number of amides is 2. The molecule has 0 bridgehead atoms. The van der Waals surface area contributed by atoms with Gasteiger partial charge in [-0.15, -0.1) is 0 Å². The molecule has 2 atom stereocenters. The maximum absolute atomic E-state index is 12.7. The second-order valence-electron chi connectivity index (χ2n) is 7.55. The third-order valence-electron chi connectivity index (χ3n) is 5.28. The van der Waals surface area contributed by atoms with Gasteiger partial charge in [-0.1, -0.05) is 6.92 Å². The van der Waals surface area contributed by atoms with Crippen LogP contribution in [0.1, 0.15) is 26.7 Å². The average Bonchev–Trinajstić information content (AvgIpc) is 3.15. The van der Waals surface area contributed by atoms with E-state index in [1.807, 2.05) is 6.92 Å². The Morgan fingerprint density at radius 1 is 1.16 bits per heavy atom. The van der Waals surface area contributed by atoms with Crippen LogP contribution in [0.3, 0.4) is 0 Å². The van der Waals surface area contributed by atoms with E-state index in [-0.39, 0.29) is 35.7 Å². The van der Waals surface area contributed by atoms with Crippen LogP contribution in [0.2, 0.25) is 0 Å². The summed E-state index contributed by atoms with van der Waals surface area (Å²) < 4.78 is 32.4. The Labute approximate surface area is 182 Å². The highest BCUT2D eigenvalue weighted by Gasteiger charge is 2.35. The fraction of sp³-hybridized carbons (Fsp3) is 0.364. The maximum atomic E-state index is 12.7. The monoisotopic (exact) mass is 445 g/mol. The van der Waals surface area contributed by atoms with E-state index in [0.29, 0.717) is 23.5 Å². The molecule has 8 nitrogen and oxygen atoms in total. The van der Waals surface area contributed by atoms with Crippen LogP contribution in [0.5, 0.6) is 5.75 Å². The Morgan fingerprint density at radius 3 is 2.39 bits per heavy atom. The van der Waals surface area contributed by atoms with E-state index >= 15 is 0 Å². The van der Waals surface area contributed by atoms with Crippen molar-refractivity contribution in [3.05, 3.63) is 48.5 Å². The highest BCUT2D eigenvalue weighted by molar-refractivity contribution is 7.89. The van der Waals surface area contributed by atoms with Gasteiger partial charge in [0.15, 0.2) is 0 Å². The summed E-state index contributed by atoms with van der Waals surface area (Å²) in [5.74, 6) is -0.208. The molecule has 9 heteroatoms. The van der Waals surface area contributed by atoms with Gasteiger partial charge in [0.2, 0.25) is 21.8 Å². The van der Waals surface area contributed by atoms with Gasteiger partial charge >= 0.3 is 0 Å². The quantitative estimate of drug-likeness (QED) is 0.650. The molecular weight excluding hydrogens is 418 g/mol. The predicted octanol–water partition coefficient (Wildman–Crippen LogP) is 2.76. The van der Waals surface area contributed by atoms with E-state index in [1.165, 1.54) is 12.1 Å². The van der Waals surface area contributed by atoms with E-state index in [2.05, 4.69) is 10.0 Å². The van der Waals surface area contributed by atoms with Gasteiger partial charge in [-0.25, -0.2) is 13.1 Å². The number of rotatable bonds is 8. The summed E-state index contributed by atoms with van der Waals surface area (Å²) in [6, 6.07) is 12.9. The van der Waals surface area contributed by atoms with Gasteiger partial charge in [-0.05, 0) is 61.9 Å². The number of methoxy groups -OCH3 is 1. The molecule has 0 unspecified atom stereocenters. The molecule has 0 aromatic heterocycles. The summed E-state index contributed by atoms with van der Waals surface area (Å²) in [7, 11) is -2.04. The summed E-state index contributed by atoms with van der Waals surface area (Å²) in [4.78, 5) is 26.8. The van der Waals surface area contributed by atoms with Crippen molar-refractivity contribution in [3.63, 3.8) is 0 Å². The molecule has 1 aliphatic heterocycles. The Hall–Kier alpha value is -2.91. The van der Waals surface area contributed by atoms with E-state index in [1.54, 1.807) is 55.3 Å². The molecule has 0 spiro atoms. The Kier molecular flexibility index (Phi) is 6.97. The molecule has 0 saturated carbocycles. The molecule has 2 aromatic rings. The molecule has 2 amide bonds. The van der Waals surface area contributed by atoms with Gasteiger partial charge in [0, 0.05) is 30.4 Å². The van der Waals surface area contributed by atoms with Gasteiger partial charge in [0.25, 0.3) is 0 Å². The first-order valence-electron chi connectivity index (χ1n) is 10.1. The van der Waals surface area contributed by atoms with Crippen molar-refractivity contribution in [2.24, 2.45) is 5.92 Å².